The Balaban J connectivity index is 0.966. The third-order valence-electron chi connectivity index (χ3n) is 12.3. The Bertz CT molecular complexity index is 3900. The lowest BCUT2D eigenvalue weighted by Gasteiger charge is -2.09. The SMILES string of the molecule is c1ccc(-c2ccc3c(c2)c2ccc(-c4cccc5c4oc4cc(-c6nc(-c7ccccc7)nc(-c7cccc8oc9ccccc9c78)n6)ccc45)cc2n3-c2ccccc2)cc1. The van der Waals surface area contributed by atoms with Gasteiger partial charge < -0.3 is 13.4 Å². The van der Waals surface area contributed by atoms with Crippen LogP contribution in [-0.2, 0) is 0 Å². The molecule has 294 valence electrons. The van der Waals surface area contributed by atoms with Crippen LogP contribution in [-0.4, -0.2) is 19.5 Å². The van der Waals surface area contributed by atoms with Crippen LogP contribution in [0.4, 0.5) is 0 Å². The lowest BCUT2D eigenvalue weighted by atomic mass is 9.99. The molecule has 9 aromatic carbocycles. The molecule has 6 nitrogen and oxygen atoms in total. The van der Waals surface area contributed by atoms with Crippen molar-refractivity contribution in [1.29, 1.82) is 0 Å². The van der Waals surface area contributed by atoms with Gasteiger partial charge in [0.1, 0.15) is 22.3 Å². The van der Waals surface area contributed by atoms with Crippen LogP contribution in [0.5, 0.6) is 0 Å². The van der Waals surface area contributed by atoms with Crippen molar-refractivity contribution < 1.29 is 8.83 Å². The van der Waals surface area contributed by atoms with Gasteiger partial charge in [-0.3, -0.25) is 0 Å². The third-order valence-corrected chi connectivity index (χ3v) is 12.3. The van der Waals surface area contributed by atoms with Crippen molar-refractivity contribution in [2.45, 2.75) is 0 Å². The maximum Gasteiger partial charge on any atom is 0.164 e. The largest absolute Gasteiger partial charge is 0.456 e. The molecule has 0 bridgehead atoms. The van der Waals surface area contributed by atoms with E-state index < -0.39 is 0 Å². The first-order chi connectivity index (χ1) is 31.2. The van der Waals surface area contributed by atoms with Gasteiger partial charge >= 0.3 is 0 Å². The zero-order valence-electron chi connectivity index (χ0n) is 33.7. The Morgan fingerprint density at radius 2 is 0.952 bits per heavy atom. The smallest absolute Gasteiger partial charge is 0.164 e. The van der Waals surface area contributed by atoms with Crippen molar-refractivity contribution in [3.05, 3.63) is 206 Å². The second kappa shape index (κ2) is 14.0. The minimum absolute atomic E-state index is 0.556. The standard InChI is InChI=1S/C57H34N4O2/c1-4-14-35(15-5-1)37-28-31-48-47(32-37)42-29-26-38(33-49(42)61(48)40-18-8-3-9-19-40)41-21-12-22-44-43-30-27-39(34-52(43)63-54(41)44)56-58-55(36-16-6-2-7-17-36)59-57(60-56)46-23-13-25-51-53(46)45-20-10-11-24-50(45)62-51/h1-34H. The van der Waals surface area contributed by atoms with Gasteiger partial charge in [0.2, 0.25) is 0 Å². The van der Waals surface area contributed by atoms with Gasteiger partial charge in [0, 0.05) is 60.3 Å². The number of furan rings is 2. The molecule has 0 amide bonds. The van der Waals surface area contributed by atoms with E-state index >= 15 is 0 Å². The molecule has 0 saturated carbocycles. The van der Waals surface area contributed by atoms with Crippen molar-refractivity contribution in [3.63, 3.8) is 0 Å². The van der Waals surface area contributed by atoms with Crippen molar-refractivity contribution in [2.75, 3.05) is 0 Å². The summed E-state index contributed by atoms with van der Waals surface area (Å²) in [6.45, 7) is 0. The lowest BCUT2D eigenvalue weighted by Crippen LogP contribution is -2.00. The molecule has 0 saturated heterocycles. The number of aromatic nitrogens is 4. The minimum Gasteiger partial charge on any atom is -0.456 e. The van der Waals surface area contributed by atoms with Crippen LogP contribution in [0.2, 0.25) is 0 Å². The van der Waals surface area contributed by atoms with Crippen molar-refractivity contribution in [1.82, 2.24) is 19.5 Å². The van der Waals surface area contributed by atoms with Crippen LogP contribution in [0.3, 0.4) is 0 Å². The Kier molecular flexibility index (Phi) is 7.80. The van der Waals surface area contributed by atoms with Crippen molar-refractivity contribution in [2.24, 2.45) is 0 Å². The van der Waals surface area contributed by atoms with Gasteiger partial charge in [-0.05, 0) is 71.3 Å². The molecule has 0 radical (unpaired) electrons. The maximum absolute atomic E-state index is 6.89. The van der Waals surface area contributed by atoms with Gasteiger partial charge in [0.25, 0.3) is 0 Å². The van der Waals surface area contributed by atoms with E-state index in [0.717, 1.165) is 88.4 Å². The van der Waals surface area contributed by atoms with Crippen LogP contribution >= 0.6 is 0 Å². The predicted octanol–water partition coefficient (Wildman–Crippen LogP) is 15.1. The highest BCUT2D eigenvalue weighted by Gasteiger charge is 2.21. The van der Waals surface area contributed by atoms with Crippen LogP contribution < -0.4 is 0 Å². The van der Waals surface area contributed by atoms with Gasteiger partial charge in [-0.15, -0.1) is 0 Å². The molecular weight excluding hydrogens is 773 g/mol. The molecule has 0 aliphatic carbocycles. The molecule has 0 fully saturated rings. The average molecular weight is 807 g/mol. The predicted molar refractivity (Wildman–Crippen MR) is 256 cm³/mol. The summed E-state index contributed by atoms with van der Waals surface area (Å²) in [5.41, 5.74) is 13.7. The Morgan fingerprint density at radius 3 is 1.79 bits per heavy atom. The second-order valence-corrected chi connectivity index (χ2v) is 15.9. The first-order valence-electron chi connectivity index (χ1n) is 21.1. The monoisotopic (exact) mass is 806 g/mol. The van der Waals surface area contributed by atoms with E-state index in [9.17, 15) is 0 Å². The van der Waals surface area contributed by atoms with Gasteiger partial charge in [0.05, 0.1) is 11.0 Å². The highest BCUT2D eigenvalue weighted by atomic mass is 16.3. The number of fused-ring (bicyclic) bond motifs is 9. The fraction of sp³-hybridized carbons (Fsp3) is 0. The van der Waals surface area contributed by atoms with E-state index in [1.807, 2.05) is 60.7 Å². The van der Waals surface area contributed by atoms with Gasteiger partial charge in [-0.2, -0.15) is 0 Å². The molecular formula is C57H34N4O2. The van der Waals surface area contributed by atoms with E-state index in [4.69, 9.17) is 23.8 Å². The molecule has 0 atom stereocenters. The normalized spacial score (nSPS) is 11.8. The van der Waals surface area contributed by atoms with Crippen LogP contribution in [0.1, 0.15) is 0 Å². The topological polar surface area (TPSA) is 69.9 Å². The summed E-state index contributed by atoms with van der Waals surface area (Å²) in [6, 6.07) is 71.6. The molecule has 13 aromatic rings. The fourth-order valence-corrected chi connectivity index (χ4v) is 9.32. The Hall–Kier alpha value is -8.61. The molecule has 0 aliphatic rings. The van der Waals surface area contributed by atoms with Crippen LogP contribution in [0, 0.1) is 0 Å². The number of rotatable bonds is 6. The van der Waals surface area contributed by atoms with Gasteiger partial charge in [-0.25, -0.2) is 15.0 Å². The van der Waals surface area contributed by atoms with Crippen molar-refractivity contribution in [3.8, 4) is 62.1 Å². The maximum atomic E-state index is 6.89. The van der Waals surface area contributed by atoms with Crippen LogP contribution in [0.25, 0.3) is 128 Å². The Morgan fingerprint density at radius 1 is 0.317 bits per heavy atom. The summed E-state index contributed by atoms with van der Waals surface area (Å²) >= 11 is 0. The number of para-hydroxylation sites is 3. The van der Waals surface area contributed by atoms with E-state index in [1.54, 1.807) is 0 Å². The third kappa shape index (κ3) is 5.69. The zero-order valence-corrected chi connectivity index (χ0v) is 33.7. The first kappa shape index (κ1) is 35.2. The molecule has 4 aromatic heterocycles. The van der Waals surface area contributed by atoms with Gasteiger partial charge in [0.15, 0.2) is 17.5 Å². The molecule has 6 heteroatoms. The molecule has 0 unspecified atom stereocenters. The number of nitrogens with zero attached hydrogens (tertiary/aromatic N) is 4. The number of benzene rings is 9. The summed E-state index contributed by atoms with van der Waals surface area (Å²) in [5, 5.41) is 6.47. The second-order valence-electron chi connectivity index (χ2n) is 15.9. The Labute approximate surface area is 361 Å². The highest BCUT2D eigenvalue weighted by molar-refractivity contribution is 6.14. The summed E-state index contributed by atoms with van der Waals surface area (Å²) in [5.74, 6) is 1.72. The van der Waals surface area contributed by atoms with E-state index in [1.165, 1.54) is 21.9 Å². The molecule has 0 N–H and O–H groups in total. The number of hydrogen-bond acceptors (Lipinski definition) is 5. The molecule has 63 heavy (non-hydrogen) atoms. The highest BCUT2D eigenvalue weighted by Crippen LogP contribution is 2.42. The minimum atomic E-state index is 0.556. The van der Waals surface area contributed by atoms with Gasteiger partial charge in [-0.1, -0.05) is 152 Å². The quantitative estimate of drug-likeness (QED) is 0.167. The lowest BCUT2D eigenvalue weighted by molar-refractivity contribution is 0.669. The zero-order chi connectivity index (χ0) is 41.4. The summed E-state index contributed by atoms with van der Waals surface area (Å²) < 4.78 is 15.5. The number of hydrogen-bond donors (Lipinski definition) is 0. The summed E-state index contributed by atoms with van der Waals surface area (Å²) in [7, 11) is 0. The first-order valence-corrected chi connectivity index (χ1v) is 21.1. The summed E-state index contributed by atoms with van der Waals surface area (Å²) in [6.07, 6.45) is 0. The van der Waals surface area contributed by atoms with Crippen LogP contribution in [0.15, 0.2) is 215 Å². The molecule has 0 spiro atoms. The molecule has 13 rings (SSSR count). The fourth-order valence-electron chi connectivity index (χ4n) is 9.32. The molecule has 4 heterocycles. The molecule has 0 aliphatic heterocycles. The van der Waals surface area contributed by atoms with E-state index in [-0.39, 0.29) is 0 Å². The van der Waals surface area contributed by atoms with E-state index in [2.05, 4.69) is 150 Å². The summed E-state index contributed by atoms with van der Waals surface area (Å²) in [4.78, 5) is 15.3. The van der Waals surface area contributed by atoms with E-state index in [0.29, 0.717) is 17.5 Å². The average Bonchev–Trinajstić information content (AvgIpc) is 4.03. The van der Waals surface area contributed by atoms with Crippen molar-refractivity contribution >= 4 is 65.7 Å².